The standard InChI is InChI=1S/C11H15NS/c1-9(2)6-7-10(3)11(4)13-8-12-5/h6-8H,1,3-4H2,2,5H3/b7-6-,12-8?. The van der Waals surface area contributed by atoms with Gasteiger partial charge < -0.3 is 0 Å². The van der Waals surface area contributed by atoms with Gasteiger partial charge in [0.05, 0.1) is 5.55 Å². The lowest BCUT2D eigenvalue weighted by atomic mass is 10.2. The van der Waals surface area contributed by atoms with Crippen LogP contribution in [0, 0.1) is 0 Å². The van der Waals surface area contributed by atoms with E-state index in [0.29, 0.717) is 0 Å². The number of aliphatic imine (C=N–C) groups is 1. The summed E-state index contributed by atoms with van der Waals surface area (Å²) >= 11 is 1.47. The number of hydrogen-bond donors (Lipinski definition) is 0. The Balaban J connectivity index is 4.12. The molecular formula is C11H15NS. The first-order chi connectivity index (χ1) is 6.07. The van der Waals surface area contributed by atoms with Crippen molar-refractivity contribution in [2.24, 2.45) is 4.99 Å². The molecule has 0 fully saturated rings. The van der Waals surface area contributed by atoms with Gasteiger partial charge >= 0.3 is 0 Å². The summed E-state index contributed by atoms with van der Waals surface area (Å²) in [5.74, 6) is 0. The van der Waals surface area contributed by atoms with Crippen LogP contribution in [0.15, 0.2) is 52.9 Å². The van der Waals surface area contributed by atoms with Crippen LogP contribution < -0.4 is 0 Å². The molecule has 0 saturated heterocycles. The van der Waals surface area contributed by atoms with Crippen LogP contribution >= 0.6 is 11.8 Å². The van der Waals surface area contributed by atoms with Gasteiger partial charge in [-0.3, -0.25) is 4.99 Å². The van der Waals surface area contributed by atoms with Gasteiger partial charge in [-0.1, -0.05) is 49.2 Å². The Morgan fingerprint density at radius 3 is 2.31 bits per heavy atom. The number of hydrogen-bond acceptors (Lipinski definition) is 2. The Labute approximate surface area is 84.6 Å². The molecule has 0 aliphatic rings. The Morgan fingerprint density at radius 2 is 1.85 bits per heavy atom. The van der Waals surface area contributed by atoms with Crippen LogP contribution in [0.1, 0.15) is 6.92 Å². The smallest absolute Gasteiger partial charge is 0.0585 e. The van der Waals surface area contributed by atoms with Crippen LogP contribution in [0.2, 0.25) is 0 Å². The van der Waals surface area contributed by atoms with Crippen molar-refractivity contribution in [2.75, 3.05) is 7.05 Å². The van der Waals surface area contributed by atoms with E-state index >= 15 is 0 Å². The highest BCUT2D eigenvalue weighted by Crippen LogP contribution is 2.19. The monoisotopic (exact) mass is 193 g/mol. The third-order valence-electron chi connectivity index (χ3n) is 1.23. The van der Waals surface area contributed by atoms with Crippen molar-refractivity contribution in [1.82, 2.24) is 0 Å². The van der Waals surface area contributed by atoms with Gasteiger partial charge in [0.2, 0.25) is 0 Å². The van der Waals surface area contributed by atoms with Gasteiger partial charge in [0.15, 0.2) is 0 Å². The average molecular weight is 193 g/mol. The highest BCUT2D eigenvalue weighted by molar-refractivity contribution is 8.15. The molecule has 0 aliphatic carbocycles. The summed E-state index contributed by atoms with van der Waals surface area (Å²) in [6, 6.07) is 0. The van der Waals surface area contributed by atoms with Crippen LogP contribution in [-0.4, -0.2) is 12.6 Å². The summed E-state index contributed by atoms with van der Waals surface area (Å²) in [7, 11) is 1.73. The van der Waals surface area contributed by atoms with E-state index in [2.05, 4.69) is 24.7 Å². The molecule has 70 valence electrons. The summed E-state index contributed by atoms with van der Waals surface area (Å²) in [4.78, 5) is 4.75. The molecule has 0 aliphatic heterocycles. The van der Waals surface area contributed by atoms with E-state index in [0.717, 1.165) is 16.1 Å². The van der Waals surface area contributed by atoms with Gasteiger partial charge in [-0.15, -0.1) is 0 Å². The topological polar surface area (TPSA) is 12.4 Å². The minimum atomic E-state index is 0.896. The molecule has 0 bridgehead atoms. The van der Waals surface area contributed by atoms with Crippen molar-refractivity contribution in [3.05, 3.63) is 47.9 Å². The maximum Gasteiger partial charge on any atom is 0.0585 e. The van der Waals surface area contributed by atoms with Gasteiger partial charge in [-0.25, -0.2) is 0 Å². The molecule has 0 rings (SSSR count). The Kier molecular flexibility index (Phi) is 5.98. The molecule has 2 heteroatoms. The molecule has 0 aromatic carbocycles. The summed E-state index contributed by atoms with van der Waals surface area (Å²) in [6.07, 6.45) is 3.82. The van der Waals surface area contributed by atoms with Crippen molar-refractivity contribution < 1.29 is 0 Å². The molecule has 0 heterocycles. The Hall–Kier alpha value is -1.02. The summed E-state index contributed by atoms with van der Waals surface area (Å²) in [5, 5.41) is 0. The quantitative estimate of drug-likeness (QED) is 0.369. The Morgan fingerprint density at radius 1 is 1.23 bits per heavy atom. The molecule has 13 heavy (non-hydrogen) atoms. The molecule has 0 atom stereocenters. The van der Waals surface area contributed by atoms with Gasteiger partial charge in [0.1, 0.15) is 0 Å². The van der Waals surface area contributed by atoms with E-state index in [1.54, 1.807) is 12.6 Å². The van der Waals surface area contributed by atoms with Gasteiger partial charge in [0, 0.05) is 12.0 Å². The zero-order valence-electron chi connectivity index (χ0n) is 8.21. The van der Waals surface area contributed by atoms with Crippen LogP contribution in [0.3, 0.4) is 0 Å². The highest BCUT2D eigenvalue weighted by atomic mass is 32.2. The number of allylic oxidation sites excluding steroid dienone is 4. The second kappa shape index (κ2) is 6.49. The van der Waals surface area contributed by atoms with Crippen molar-refractivity contribution in [3.63, 3.8) is 0 Å². The predicted octanol–water partition coefficient (Wildman–Crippen LogP) is 3.58. The number of thioether (sulfide) groups is 1. The first-order valence-electron chi connectivity index (χ1n) is 3.87. The zero-order chi connectivity index (χ0) is 10.3. The maximum atomic E-state index is 3.87. The first-order valence-corrected chi connectivity index (χ1v) is 4.75. The maximum absolute atomic E-state index is 3.87. The van der Waals surface area contributed by atoms with Gasteiger partial charge in [0.25, 0.3) is 0 Å². The average Bonchev–Trinajstić information content (AvgIpc) is 2.10. The predicted molar refractivity (Wildman–Crippen MR) is 64.2 cm³/mol. The number of rotatable bonds is 5. The zero-order valence-corrected chi connectivity index (χ0v) is 9.03. The fourth-order valence-corrected chi connectivity index (χ4v) is 0.980. The molecule has 0 aromatic heterocycles. The summed E-state index contributed by atoms with van der Waals surface area (Å²) in [6.45, 7) is 13.4. The highest BCUT2D eigenvalue weighted by Gasteiger charge is 1.94. The van der Waals surface area contributed by atoms with E-state index in [1.807, 2.05) is 19.1 Å². The molecule has 0 amide bonds. The fourth-order valence-electron chi connectivity index (χ4n) is 0.528. The molecule has 0 radical (unpaired) electrons. The van der Waals surface area contributed by atoms with Crippen LogP contribution in [0.4, 0.5) is 0 Å². The number of nitrogens with zero attached hydrogens (tertiary/aromatic N) is 1. The van der Waals surface area contributed by atoms with E-state index in [1.165, 1.54) is 11.8 Å². The van der Waals surface area contributed by atoms with Crippen molar-refractivity contribution >= 4 is 17.3 Å². The van der Waals surface area contributed by atoms with Crippen LogP contribution in [0.25, 0.3) is 0 Å². The summed E-state index contributed by atoms with van der Waals surface area (Å²) in [5.41, 5.74) is 3.64. The third kappa shape index (κ3) is 6.17. The van der Waals surface area contributed by atoms with Crippen molar-refractivity contribution in [3.8, 4) is 0 Å². The van der Waals surface area contributed by atoms with Crippen molar-refractivity contribution in [2.45, 2.75) is 6.92 Å². The molecule has 0 saturated carbocycles. The second-order valence-electron chi connectivity index (χ2n) is 2.61. The molecular weight excluding hydrogens is 178 g/mol. The largest absolute Gasteiger partial charge is 0.289 e. The third-order valence-corrected chi connectivity index (χ3v) is 2.09. The van der Waals surface area contributed by atoms with Gasteiger partial charge in [-0.05, 0) is 12.5 Å². The lowest BCUT2D eigenvalue weighted by Crippen LogP contribution is -1.77. The molecule has 0 N–H and O–H groups in total. The minimum Gasteiger partial charge on any atom is -0.289 e. The fraction of sp³-hybridized carbons (Fsp3) is 0.182. The molecule has 0 unspecified atom stereocenters. The molecule has 0 spiro atoms. The SMILES string of the molecule is C=C(C)/C=C\C(=C)C(=C)SC=NC. The lowest BCUT2D eigenvalue weighted by molar-refractivity contribution is 1.49. The van der Waals surface area contributed by atoms with E-state index in [9.17, 15) is 0 Å². The first kappa shape index (κ1) is 12.0. The van der Waals surface area contributed by atoms with Crippen LogP contribution in [-0.2, 0) is 0 Å². The summed E-state index contributed by atoms with van der Waals surface area (Å²) < 4.78 is 0. The second-order valence-corrected chi connectivity index (χ2v) is 3.55. The van der Waals surface area contributed by atoms with E-state index in [4.69, 9.17) is 0 Å². The lowest BCUT2D eigenvalue weighted by Gasteiger charge is -1.99. The molecule has 0 aromatic rings. The normalized spacial score (nSPS) is 10.9. The Bertz CT molecular complexity index is 272. The van der Waals surface area contributed by atoms with Crippen LogP contribution in [0.5, 0.6) is 0 Å². The van der Waals surface area contributed by atoms with E-state index in [-0.39, 0.29) is 0 Å². The van der Waals surface area contributed by atoms with E-state index < -0.39 is 0 Å². The molecule has 1 nitrogen and oxygen atoms in total. The van der Waals surface area contributed by atoms with Gasteiger partial charge in [-0.2, -0.15) is 0 Å². The van der Waals surface area contributed by atoms with Crippen molar-refractivity contribution in [1.29, 1.82) is 0 Å². The minimum absolute atomic E-state index is 0.896.